The van der Waals surface area contributed by atoms with Crippen molar-refractivity contribution in [2.45, 2.75) is 13.3 Å². The summed E-state index contributed by atoms with van der Waals surface area (Å²) in [5.74, 6) is -1.33. The maximum Gasteiger partial charge on any atom is 0.324 e. The lowest BCUT2D eigenvalue weighted by molar-refractivity contribution is -0.145. The molecule has 1 amide bonds. The molecule has 90 valence electrons. The van der Waals surface area contributed by atoms with Crippen molar-refractivity contribution in [2.75, 3.05) is 6.54 Å². The SMILES string of the molecule is CCNC(=O)C1Cc2ccc(O)cc2OC1=O. The Morgan fingerprint density at radius 2 is 2.35 bits per heavy atom. The van der Waals surface area contributed by atoms with Gasteiger partial charge in [-0.3, -0.25) is 9.59 Å². The van der Waals surface area contributed by atoms with E-state index in [-0.39, 0.29) is 11.7 Å². The van der Waals surface area contributed by atoms with Crippen LogP contribution in [0.3, 0.4) is 0 Å². The molecule has 1 aromatic rings. The van der Waals surface area contributed by atoms with Crippen LogP contribution < -0.4 is 10.1 Å². The van der Waals surface area contributed by atoms with Crippen LogP contribution in [-0.4, -0.2) is 23.5 Å². The maximum absolute atomic E-state index is 11.6. The minimum absolute atomic E-state index is 0.0352. The summed E-state index contributed by atoms with van der Waals surface area (Å²) in [4.78, 5) is 23.2. The van der Waals surface area contributed by atoms with Gasteiger partial charge in [-0.15, -0.1) is 0 Å². The molecule has 5 heteroatoms. The molecule has 0 spiro atoms. The van der Waals surface area contributed by atoms with Crippen LogP contribution in [-0.2, 0) is 16.0 Å². The highest BCUT2D eigenvalue weighted by Gasteiger charge is 2.33. The van der Waals surface area contributed by atoms with Gasteiger partial charge in [0.25, 0.3) is 0 Å². The van der Waals surface area contributed by atoms with Crippen LogP contribution >= 0.6 is 0 Å². The molecule has 0 radical (unpaired) electrons. The zero-order valence-corrected chi connectivity index (χ0v) is 9.40. The fraction of sp³-hybridized carbons (Fsp3) is 0.333. The Labute approximate surface area is 98.4 Å². The van der Waals surface area contributed by atoms with Gasteiger partial charge in [0.05, 0.1) is 0 Å². The number of phenolic OH excluding ortho intramolecular Hbond substituents is 1. The van der Waals surface area contributed by atoms with Crippen LogP contribution in [0.1, 0.15) is 12.5 Å². The van der Waals surface area contributed by atoms with Gasteiger partial charge >= 0.3 is 5.97 Å². The number of ether oxygens (including phenoxy) is 1. The van der Waals surface area contributed by atoms with E-state index >= 15 is 0 Å². The van der Waals surface area contributed by atoms with Crippen LogP contribution in [0.25, 0.3) is 0 Å². The second kappa shape index (κ2) is 4.45. The molecule has 1 aliphatic rings. The van der Waals surface area contributed by atoms with Gasteiger partial charge in [0, 0.05) is 12.6 Å². The smallest absolute Gasteiger partial charge is 0.324 e. The topological polar surface area (TPSA) is 75.6 Å². The second-order valence-corrected chi connectivity index (χ2v) is 3.86. The second-order valence-electron chi connectivity index (χ2n) is 3.86. The number of esters is 1. The Morgan fingerprint density at radius 3 is 3.06 bits per heavy atom. The number of hydrogen-bond donors (Lipinski definition) is 2. The first-order valence-electron chi connectivity index (χ1n) is 5.43. The first kappa shape index (κ1) is 11.4. The summed E-state index contributed by atoms with van der Waals surface area (Å²) in [6, 6.07) is 4.54. The molecule has 5 nitrogen and oxygen atoms in total. The van der Waals surface area contributed by atoms with E-state index in [1.54, 1.807) is 13.0 Å². The van der Waals surface area contributed by atoms with E-state index in [2.05, 4.69) is 5.32 Å². The van der Waals surface area contributed by atoms with Gasteiger partial charge in [-0.05, 0) is 25.0 Å². The van der Waals surface area contributed by atoms with Gasteiger partial charge in [-0.1, -0.05) is 6.07 Å². The van der Waals surface area contributed by atoms with Crippen LogP contribution in [0.5, 0.6) is 11.5 Å². The van der Waals surface area contributed by atoms with Crippen LogP contribution in [0.2, 0.25) is 0 Å². The van der Waals surface area contributed by atoms with E-state index in [4.69, 9.17) is 4.74 Å². The number of fused-ring (bicyclic) bond motifs is 1. The van der Waals surface area contributed by atoms with Gasteiger partial charge < -0.3 is 15.2 Å². The predicted molar refractivity (Wildman–Crippen MR) is 59.6 cm³/mol. The number of carbonyl (C=O) groups is 2. The number of carbonyl (C=O) groups excluding carboxylic acids is 2. The van der Waals surface area contributed by atoms with Crippen molar-refractivity contribution in [1.82, 2.24) is 5.32 Å². The number of benzene rings is 1. The summed E-state index contributed by atoms with van der Waals surface area (Å²) in [6.07, 6.45) is 0.306. The standard InChI is InChI=1S/C12H13NO4/c1-2-13-11(15)9-5-7-3-4-8(14)6-10(7)17-12(9)16/h3-4,6,9,14H,2,5H2,1H3,(H,13,15). The average Bonchev–Trinajstić information content (AvgIpc) is 2.28. The summed E-state index contributed by atoms with van der Waals surface area (Å²) in [7, 11) is 0. The van der Waals surface area contributed by atoms with E-state index in [0.29, 0.717) is 18.7 Å². The van der Waals surface area contributed by atoms with Crippen molar-refractivity contribution in [2.24, 2.45) is 5.92 Å². The molecule has 17 heavy (non-hydrogen) atoms. The number of phenols is 1. The highest BCUT2D eigenvalue weighted by Crippen LogP contribution is 2.31. The lowest BCUT2D eigenvalue weighted by Gasteiger charge is -2.22. The van der Waals surface area contributed by atoms with Gasteiger partial charge in [0.2, 0.25) is 5.91 Å². The summed E-state index contributed by atoms with van der Waals surface area (Å²) in [5.41, 5.74) is 0.749. The Kier molecular flexibility index (Phi) is 2.99. The van der Waals surface area contributed by atoms with E-state index in [1.165, 1.54) is 12.1 Å². The third-order valence-electron chi connectivity index (χ3n) is 2.64. The number of aromatic hydroxyl groups is 1. The molecule has 0 aliphatic carbocycles. The van der Waals surface area contributed by atoms with Gasteiger partial charge in [-0.25, -0.2) is 0 Å². The summed E-state index contributed by atoms with van der Waals surface area (Å²) in [6.45, 7) is 2.27. The fourth-order valence-electron chi connectivity index (χ4n) is 1.79. The molecule has 1 aliphatic heterocycles. The molecule has 0 fully saturated rings. The first-order valence-corrected chi connectivity index (χ1v) is 5.43. The lowest BCUT2D eigenvalue weighted by Crippen LogP contribution is -2.40. The van der Waals surface area contributed by atoms with Crippen molar-refractivity contribution in [3.05, 3.63) is 23.8 Å². The van der Waals surface area contributed by atoms with Gasteiger partial charge in [-0.2, -0.15) is 0 Å². The van der Waals surface area contributed by atoms with Crippen LogP contribution in [0.15, 0.2) is 18.2 Å². The molecule has 1 heterocycles. The number of rotatable bonds is 2. The zero-order valence-electron chi connectivity index (χ0n) is 9.40. The van der Waals surface area contributed by atoms with Gasteiger partial charge in [0.15, 0.2) is 0 Å². The Hall–Kier alpha value is -2.04. The van der Waals surface area contributed by atoms with Crippen molar-refractivity contribution >= 4 is 11.9 Å². The van der Waals surface area contributed by atoms with E-state index in [1.807, 2.05) is 0 Å². The number of amides is 1. The van der Waals surface area contributed by atoms with Crippen LogP contribution in [0.4, 0.5) is 0 Å². The molecule has 0 aromatic heterocycles. The van der Waals surface area contributed by atoms with E-state index < -0.39 is 11.9 Å². The molecular formula is C12H13NO4. The lowest BCUT2D eigenvalue weighted by atomic mass is 9.95. The maximum atomic E-state index is 11.6. The molecule has 0 saturated heterocycles. The van der Waals surface area contributed by atoms with E-state index in [9.17, 15) is 14.7 Å². The molecule has 0 bridgehead atoms. The minimum Gasteiger partial charge on any atom is -0.508 e. The fourth-order valence-corrected chi connectivity index (χ4v) is 1.79. The molecule has 1 atom stereocenters. The number of hydrogen-bond acceptors (Lipinski definition) is 4. The Balaban J connectivity index is 2.24. The Bertz CT molecular complexity index is 470. The summed E-state index contributed by atoms with van der Waals surface area (Å²) < 4.78 is 5.03. The highest BCUT2D eigenvalue weighted by molar-refractivity contribution is 5.99. The molecule has 0 saturated carbocycles. The molecular weight excluding hydrogens is 222 g/mol. The largest absolute Gasteiger partial charge is 0.508 e. The van der Waals surface area contributed by atoms with E-state index in [0.717, 1.165) is 5.56 Å². The number of nitrogens with one attached hydrogen (secondary N) is 1. The quantitative estimate of drug-likeness (QED) is 0.447. The third-order valence-corrected chi connectivity index (χ3v) is 2.64. The molecule has 2 N–H and O–H groups in total. The molecule has 1 aromatic carbocycles. The van der Waals surface area contributed by atoms with Crippen molar-refractivity contribution in [3.63, 3.8) is 0 Å². The van der Waals surface area contributed by atoms with Crippen molar-refractivity contribution in [3.8, 4) is 11.5 Å². The first-order chi connectivity index (χ1) is 8.11. The van der Waals surface area contributed by atoms with Crippen LogP contribution in [0, 0.1) is 5.92 Å². The molecule has 1 unspecified atom stereocenters. The summed E-state index contributed by atoms with van der Waals surface area (Å²) >= 11 is 0. The zero-order chi connectivity index (χ0) is 12.4. The van der Waals surface area contributed by atoms with Crippen molar-refractivity contribution in [1.29, 1.82) is 0 Å². The Morgan fingerprint density at radius 1 is 1.59 bits per heavy atom. The minimum atomic E-state index is -0.799. The van der Waals surface area contributed by atoms with Gasteiger partial charge in [0.1, 0.15) is 17.4 Å². The monoisotopic (exact) mass is 235 g/mol. The summed E-state index contributed by atoms with van der Waals surface area (Å²) in [5, 5.41) is 11.9. The molecule has 2 rings (SSSR count). The van der Waals surface area contributed by atoms with Crippen molar-refractivity contribution < 1.29 is 19.4 Å². The highest BCUT2D eigenvalue weighted by atomic mass is 16.5. The predicted octanol–water partition coefficient (Wildman–Crippen LogP) is 0.606. The normalized spacial score (nSPS) is 18.2. The average molecular weight is 235 g/mol. The third kappa shape index (κ3) is 2.22.